The highest BCUT2D eigenvalue weighted by molar-refractivity contribution is 6.06. The van der Waals surface area contributed by atoms with Crippen LogP contribution in [0, 0.1) is 12.8 Å². The van der Waals surface area contributed by atoms with Crippen molar-refractivity contribution in [2.24, 2.45) is 5.92 Å². The van der Waals surface area contributed by atoms with Crippen LogP contribution >= 0.6 is 0 Å². The molecule has 0 aromatic carbocycles. The third-order valence-electron chi connectivity index (χ3n) is 4.18. The van der Waals surface area contributed by atoms with Crippen molar-refractivity contribution in [1.82, 2.24) is 15.0 Å². The number of carboxylic acids is 1. The Morgan fingerprint density at radius 3 is 2.78 bits per heavy atom. The largest absolute Gasteiger partial charge is 0.481 e. The molecule has 0 bridgehead atoms. The van der Waals surface area contributed by atoms with Gasteiger partial charge in [0.2, 0.25) is 0 Å². The lowest BCUT2D eigenvalue weighted by Gasteiger charge is -2.20. The van der Waals surface area contributed by atoms with Crippen molar-refractivity contribution < 1.29 is 19.2 Å². The van der Waals surface area contributed by atoms with Crippen LogP contribution in [-0.2, 0) is 4.79 Å². The van der Waals surface area contributed by atoms with Crippen LogP contribution in [0.4, 0.5) is 0 Å². The Bertz CT molecular complexity index is 779. The lowest BCUT2D eigenvalue weighted by molar-refractivity contribution is -0.141. The van der Waals surface area contributed by atoms with Crippen LogP contribution in [0.5, 0.6) is 0 Å². The SMILES string of the molecule is Cc1noc2nc(C3CC3)cc(C(=O)N(C)CC(C)C(=O)O)c12. The van der Waals surface area contributed by atoms with E-state index in [2.05, 4.69) is 10.1 Å². The summed E-state index contributed by atoms with van der Waals surface area (Å²) in [5, 5.41) is 13.5. The van der Waals surface area contributed by atoms with Gasteiger partial charge in [-0.05, 0) is 25.8 Å². The maximum Gasteiger partial charge on any atom is 0.308 e. The van der Waals surface area contributed by atoms with E-state index in [1.165, 1.54) is 4.90 Å². The number of aromatic nitrogens is 2. The average Bonchev–Trinajstić information content (AvgIpc) is 3.30. The van der Waals surface area contributed by atoms with Gasteiger partial charge in [-0.3, -0.25) is 9.59 Å². The van der Waals surface area contributed by atoms with Crippen molar-refractivity contribution in [2.45, 2.75) is 32.6 Å². The Hall–Kier alpha value is -2.44. The van der Waals surface area contributed by atoms with E-state index >= 15 is 0 Å². The molecule has 23 heavy (non-hydrogen) atoms. The number of carboxylic acid groups (broad SMARTS) is 1. The first-order valence-electron chi connectivity index (χ1n) is 7.63. The summed E-state index contributed by atoms with van der Waals surface area (Å²) >= 11 is 0. The van der Waals surface area contributed by atoms with Crippen molar-refractivity contribution in [2.75, 3.05) is 13.6 Å². The molecule has 1 unspecified atom stereocenters. The van der Waals surface area contributed by atoms with Gasteiger partial charge in [0.15, 0.2) is 0 Å². The van der Waals surface area contributed by atoms with Gasteiger partial charge >= 0.3 is 5.97 Å². The highest BCUT2D eigenvalue weighted by Gasteiger charge is 2.29. The van der Waals surface area contributed by atoms with E-state index < -0.39 is 11.9 Å². The molecule has 1 N–H and O–H groups in total. The summed E-state index contributed by atoms with van der Waals surface area (Å²) in [4.78, 5) is 29.7. The zero-order valence-electron chi connectivity index (χ0n) is 13.4. The molecule has 1 saturated carbocycles. The van der Waals surface area contributed by atoms with Gasteiger partial charge in [0, 0.05) is 25.2 Å². The van der Waals surface area contributed by atoms with Crippen molar-refractivity contribution in [3.05, 3.63) is 23.0 Å². The fourth-order valence-corrected chi connectivity index (χ4v) is 2.65. The third-order valence-corrected chi connectivity index (χ3v) is 4.18. The molecule has 7 nitrogen and oxygen atoms in total. The molecular formula is C16H19N3O4. The van der Waals surface area contributed by atoms with Gasteiger partial charge in [0.1, 0.15) is 0 Å². The van der Waals surface area contributed by atoms with Crippen LogP contribution in [0.3, 0.4) is 0 Å². The summed E-state index contributed by atoms with van der Waals surface area (Å²) in [6, 6.07) is 1.80. The van der Waals surface area contributed by atoms with E-state index in [9.17, 15) is 9.59 Å². The van der Waals surface area contributed by atoms with E-state index in [1.807, 2.05) is 0 Å². The number of fused-ring (bicyclic) bond motifs is 1. The number of hydrogen-bond acceptors (Lipinski definition) is 5. The van der Waals surface area contributed by atoms with E-state index in [0.29, 0.717) is 28.3 Å². The van der Waals surface area contributed by atoms with E-state index in [1.54, 1.807) is 27.0 Å². The number of amides is 1. The molecule has 0 spiro atoms. The van der Waals surface area contributed by atoms with Crippen molar-refractivity contribution in [1.29, 1.82) is 0 Å². The first-order chi connectivity index (χ1) is 10.9. The van der Waals surface area contributed by atoms with Crippen LogP contribution < -0.4 is 0 Å². The van der Waals surface area contributed by atoms with Crippen molar-refractivity contribution >= 4 is 23.0 Å². The van der Waals surface area contributed by atoms with Gasteiger partial charge in [-0.15, -0.1) is 0 Å². The van der Waals surface area contributed by atoms with Crippen molar-refractivity contribution in [3.8, 4) is 0 Å². The fraction of sp³-hybridized carbons (Fsp3) is 0.500. The molecule has 2 heterocycles. The molecule has 0 radical (unpaired) electrons. The van der Waals surface area contributed by atoms with Gasteiger partial charge in [0.25, 0.3) is 11.6 Å². The van der Waals surface area contributed by atoms with Gasteiger partial charge in [-0.1, -0.05) is 12.1 Å². The van der Waals surface area contributed by atoms with E-state index in [0.717, 1.165) is 18.5 Å². The maximum absolute atomic E-state index is 12.8. The van der Waals surface area contributed by atoms with Gasteiger partial charge in [-0.25, -0.2) is 4.98 Å². The van der Waals surface area contributed by atoms with Crippen LogP contribution in [0.1, 0.15) is 47.4 Å². The highest BCUT2D eigenvalue weighted by atomic mass is 16.5. The first-order valence-corrected chi connectivity index (χ1v) is 7.63. The van der Waals surface area contributed by atoms with Crippen LogP contribution in [-0.4, -0.2) is 45.6 Å². The van der Waals surface area contributed by atoms with Crippen LogP contribution in [0.2, 0.25) is 0 Å². The fourth-order valence-electron chi connectivity index (χ4n) is 2.65. The van der Waals surface area contributed by atoms with E-state index in [4.69, 9.17) is 9.63 Å². The lowest BCUT2D eigenvalue weighted by Crippen LogP contribution is -2.33. The Morgan fingerprint density at radius 2 is 2.17 bits per heavy atom. The van der Waals surface area contributed by atoms with Gasteiger partial charge in [-0.2, -0.15) is 0 Å². The van der Waals surface area contributed by atoms with E-state index in [-0.39, 0.29) is 12.5 Å². The number of hydrogen-bond donors (Lipinski definition) is 1. The third kappa shape index (κ3) is 2.91. The monoisotopic (exact) mass is 317 g/mol. The molecule has 122 valence electrons. The summed E-state index contributed by atoms with van der Waals surface area (Å²) in [7, 11) is 1.60. The molecule has 1 amide bonds. The number of aliphatic carboxylic acids is 1. The molecule has 2 aromatic heterocycles. The quantitative estimate of drug-likeness (QED) is 0.908. The lowest BCUT2D eigenvalue weighted by atomic mass is 10.1. The highest BCUT2D eigenvalue weighted by Crippen LogP contribution is 2.40. The zero-order chi connectivity index (χ0) is 16.7. The molecule has 2 aromatic rings. The smallest absolute Gasteiger partial charge is 0.308 e. The molecule has 1 aliphatic rings. The van der Waals surface area contributed by atoms with Crippen molar-refractivity contribution in [3.63, 3.8) is 0 Å². The minimum atomic E-state index is -0.927. The normalized spacial score (nSPS) is 15.6. The second-order valence-corrected chi connectivity index (χ2v) is 6.24. The van der Waals surface area contributed by atoms with Gasteiger partial charge in [0.05, 0.1) is 22.6 Å². The number of carbonyl (C=O) groups excluding carboxylic acids is 1. The number of nitrogens with zero attached hydrogens (tertiary/aromatic N) is 3. The molecular weight excluding hydrogens is 298 g/mol. The number of pyridine rings is 1. The number of carbonyl (C=O) groups is 2. The number of rotatable bonds is 5. The molecule has 0 saturated heterocycles. The van der Waals surface area contributed by atoms with Crippen LogP contribution in [0.15, 0.2) is 10.6 Å². The predicted octanol–water partition coefficient (Wildman–Crippen LogP) is 2.20. The van der Waals surface area contributed by atoms with Crippen LogP contribution in [0.25, 0.3) is 11.1 Å². The summed E-state index contributed by atoms with van der Waals surface area (Å²) in [6.45, 7) is 3.48. The molecule has 1 aliphatic carbocycles. The summed E-state index contributed by atoms with van der Waals surface area (Å²) in [6.07, 6.45) is 2.12. The summed E-state index contributed by atoms with van der Waals surface area (Å²) < 4.78 is 5.23. The Labute approximate surface area is 133 Å². The molecule has 1 fully saturated rings. The Balaban J connectivity index is 1.98. The second kappa shape index (κ2) is 5.64. The second-order valence-electron chi connectivity index (χ2n) is 6.24. The minimum Gasteiger partial charge on any atom is -0.481 e. The Kier molecular flexibility index (Phi) is 3.79. The molecule has 3 rings (SSSR count). The Morgan fingerprint density at radius 1 is 1.48 bits per heavy atom. The zero-order valence-corrected chi connectivity index (χ0v) is 13.4. The minimum absolute atomic E-state index is 0.140. The topological polar surface area (TPSA) is 96.5 Å². The summed E-state index contributed by atoms with van der Waals surface area (Å²) in [5.41, 5.74) is 2.31. The predicted molar refractivity (Wildman–Crippen MR) is 82.3 cm³/mol. The average molecular weight is 317 g/mol. The standard InChI is InChI=1S/C16H19N3O4/c1-8(16(21)22)7-19(3)15(20)11-6-12(10-4-5-10)17-14-13(11)9(2)18-23-14/h6,8,10H,4-5,7H2,1-3H3,(H,21,22). The number of aryl methyl sites for hydroxylation is 1. The molecule has 7 heteroatoms. The summed E-state index contributed by atoms with van der Waals surface area (Å²) in [5.74, 6) is -1.42. The molecule has 0 aliphatic heterocycles. The molecule has 1 atom stereocenters. The maximum atomic E-state index is 12.8. The van der Waals surface area contributed by atoms with Gasteiger partial charge < -0.3 is 14.5 Å². The first kappa shape index (κ1) is 15.5.